The molecule has 5 rings (SSSR count). The van der Waals surface area contributed by atoms with Crippen molar-refractivity contribution in [2.75, 3.05) is 33.2 Å². The second-order valence-corrected chi connectivity index (χ2v) is 8.72. The largest absolute Gasteiger partial charge is 0.455 e. The molecule has 6 nitrogen and oxygen atoms in total. The van der Waals surface area contributed by atoms with E-state index in [1.165, 1.54) is 5.56 Å². The number of furan rings is 1. The highest BCUT2D eigenvalue weighted by molar-refractivity contribution is 6.30. The number of rotatable bonds is 3. The number of fused-ring (bicyclic) bond motifs is 3. The van der Waals surface area contributed by atoms with E-state index in [2.05, 4.69) is 18.1 Å². The van der Waals surface area contributed by atoms with Crippen LogP contribution in [-0.4, -0.2) is 58.7 Å². The van der Waals surface area contributed by atoms with E-state index in [9.17, 15) is 4.79 Å². The molecule has 7 heteroatoms. The van der Waals surface area contributed by atoms with Crippen LogP contribution >= 0.6 is 11.6 Å². The van der Waals surface area contributed by atoms with Gasteiger partial charge >= 0.3 is 0 Å². The van der Waals surface area contributed by atoms with Crippen LogP contribution in [0.2, 0.25) is 5.02 Å². The number of nitrogens with zero attached hydrogens (tertiary/aromatic N) is 4. The van der Waals surface area contributed by atoms with E-state index in [0.29, 0.717) is 12.3 Å². The van der Waals surface area contributed by atoms with Crippen LogP contribution in [0.25, 0.3) is 11.3 Å². The molecular weight excluding hydrogens is 400 g/mol. The van der Waals surface area contributed by atoms with Crippen LogP contribution < -0.4 is 0 Å². The van der Waals surface area contributed by atoms with Crippen LogP contribution in [0.5, 0.6) is 0 Å². The highest BCUT2D eigenvalue weighted by Crippen LogP contribution is 2.38. The Morgan fingerprint density at radius 3 is 2.77 bits per heavy atom. The van der Waals surface area contributed by atoms with Crippen molar-refractivity contribution >= 4 is 17.5 Å². The standard InChI is InChI=1S/C23H25ClN4O2/c1-15-20-19(30-22(15)23(29)27-10-8-26(2)9-11-27)7-6-17-14-28(25-21(17)20)13-16-4-3-5-18(24)12-16/h3-5,12,14H,6-11,13H2,1-2H3. The van der Waals surface area contributed by atoms with Crippen LogP contribution in [-0.2, 0) is 19.4 Å². The SMILES string of the molecule is Cc1c(C(=O)N2CCN(C)CC2)oc2c1-c1nn(Cc3cccc(Cl)c3)cc1CC2. The highest BCUT2D eigenvalue weighted by Gasteiger charge is 2.32. The molecule has 0 saturated carbocycles. The molecule has 0 radical (unpaired) electrons. The van der Waals surface area contributed by atoms with E-state index in [-0.39, 0.29) is 5.91 Å². The molecule has 3 heterocycles. The molecule has 1 aliphatic heterocycles. The average Bonchev–Trinajstić information content (AvgIpc) is 3.28. The van der Waals surface area contributed by atoms with Crippen molar-refractivity contribution in [3.63, 3.8) is 0 Å². The first-order valence-electron chi connectivity index (χ1n) is 10.4. The van der Waals surface area contributed by atoms with E-state index < -0.39 is 0 Å². The van der Waals surface area contributed by atoms with Crippen LogP contribution in [0.15, 0.2) is 34.9 Å². The molecule has 156 valence electrons. The monoisotopic (exact) mass is 424 g/mol. The van der Waals surface area contributed by atoms with Crippen molar-refractivity contribution in [1.29, 1.82) is 0 Å². The van der Waals surface area contributed by atoms with E-state index in [4.69, 9.17) is 21.1 Å². The zero-order valence-corrected chi connectivity index (χ0v) is 18.1. The maximum Gasteiger partial charge on any atom is 0.289 e. The molecule has 0 unspecified atom stereocenters. The van der Waals surface area contributed by atoms with E-state index >= 15 is 0 Å². The Balaban J connectivity index is 1.44. The van der Waals surface area contributed by atoms with Crippen LogP contribution in [0.1, 0.15) is 33.0 Å². The third-order valence-electron chi connectivity index (χ3n) is 6.13. The van der Waals surface area contributed by atoms with Gasteiger partial charge in [-0.2, -0.15) is 5.10 Å². The topological polar surface area (TPSA) is 54.5 Å². The van der Waals surface area contributed by atoms with Crippen molar-refractivity contribution in [3.8, 4) is 11.3 Å². The fraction of sp³-hybridized carbons (Fsp3) is 0.391. The smallest absolute Gasteiger partial charge is 0.289 e. The van der Waals surface area contributed by atoms with Crippen molar-refractivity contribution in [3.05, 3.63) is 63.7 Å². The Morgan fingerprint density at radius 2 is 2.00 bits per heavy atom. The number of carbonyl (C=O) groups is 1. The molecule has 0 bridgehead atoms. The predicted octanol–water partition coefficient (Wildman–Crippen LogP) is 3.64. The quantitative estimate of drug-likeness (QED) is 0.644. The molecule has 3 aromatic rings. The average molecular weight is 425 g/mol. The number of benzene rings is 1. The Hall–Kier alpha value is -2.57. The molecule has 0 spiro atoms. The zero-order chi connectivity index (χ0) is 20.8. The molecule has 2 aromatic heterocycles. The van der Waals surface area contributed by atoms with Gasteiger partial charge in [0.1, 0.15) is 5.76 Å². The number of likely N-dealkylation sites (N-methyl/N-ethyl adjacent to an activating group) is 1. The van der Waals surface area contributed by atoms with E-state index in [0.717, 1.165) is 72.2 Å². The number of aryl methyl sites for hydroxylation is 2. The second-order valence-electron chi connectivity index (χ2n) is 8.28. The molecule has 0 N–H and O–H groups in total. The van der Waals surface area contributed by atoms with Crippen molar-refractivity contribution in [1.82, 2.24) is 19.6 Å². The molecular formula is C23H25ClN4O2. The first-order chi connectivity index (χ1) is 14.5. The van der Waals surface area contributed by atoms with Gasteiger partial charge in [-0.15, -0.1) is 0 Å². The van der Waals surface area contributed by atoms with Crippen LogP contribution in [0.3, 0.4) is 0 Å². The lowest BCUT2D eigenvalue weighted by Crippen LogP contribution is -2.47. The van der Waals surface area contributed by atoms with Crippen molar-refractivity contribution in [2.45, 2.75) is 26.3 Å². The van der Waals surface area contributed by atoms with Crippen molar-refractivity contribution < 1.29 is 9.21 Å². The number of aromatic nitrogens is 2. The summed E-state index contributed by atoms with van der Waals surface area (Å²) in [5, 5.41) is 5.58. The van der Waals surface area contributed by atoms with Gasteiger partial charge in [0.25, 0.3) is 5.91 Å². The Kier molecular flexibility index (Phi) is 4.91. The summed E-state index contributed by atoms with van der Waals surface area (Å²) in [6.07, 6.45) is 3.77. The van der Waals surface area contributed by atoms with E-state index in [1.54, 1.807) is 0 Å². The molecule has 1 aromatic carbocycles. The third kappa shape index (κ3) is 3.44. The van der Waals surface area contributed by atoms with Gasteiger partial charge in [-0.3, -0.25) is 9.48 Å². The minimum Gasteiger partial charge on any atom is -0.455 e. The fourth-order valence-corrected chi connectivity index (χ4v) is 4.64. The first-order valence-corrected chi connectivity index (χ1v) is 10.8. The zero-order valence-electron chi connectivity index (χ0n) is 17.3. The van der Waals surface area contributed by atoms with Crippen LogP contribution in [0.4, 0.5) is 0 Å². The van der Waals surface area contributed by atoms with Gasteiger partial charge in [-0.05, 0) is 43.7 Å². The van der Waals surface area contributed by atoms with Gasteiger partial charge in [0.2, 0.25) is 0 Å². The summed E-state index contributed by atoms with van der Waals surface area (Å²) in [4.78, 5) is 17.2. The summed E-state index contributed by atoms with van der Waals surface area (Å²) in [5.74, 6) is 1.35. The van der Waals surface area contributed by atoms with Crippen molar-refractivity contribution in [2.24, 2.45) is 0 Å². The second kappa shape index (κ2) is 7.60. The Bertz CT molecular complexity index is 1110. The summed E-state index contributed by atoms with van der Waals surface area (Å²) in [6, 6.07) is 7.84. The molecule has 1 amide bonds. The lowest BCUT2D eigenvalue weighted by Gasteiger charge is -2.31. The molecule has 0 atom stereocenters. The number of amides is 1. The first kappa shape index (κ1) is 19.4. The Morgan fingerprint density at radius 1 is 1.20 bits per heavy atom. The lowest BCUT2D eigenvalue weighted by molar-refractivity contribution is 0.0629. The summed E-state index contributed by atoms with van der Waals surface area (Å²) >= 11 is 6.12. The molecule has 1 saturated heterocycles. The number of halogens is 1. The maximum absolute atomic E-state index is 13.1. The lowest BCUT2D eigenvalue weighted by atomic mass is 9.93. The van der Waals surface area contributed by atoms with Gasteiger partial charge in [0.05, 0.1) is 12.2 Å². The summed E-state index contributed by atoms with van der Waals surface area (Å²) in [6.45, 7) is 5.90. The minimum absolute atomic E-state index is 0.00471. The normalized spacial score (nSPS) is 16.4. The third-order valence-corrected chi connectivity index (χ3v) is 6.37. The summed E-state index contributed by atoms with van der Waals surface area (Å²) < 4.78 is 8.07. The van der Waals surface area contributed by atoms with Gasteiger partial charge in [-0.1, -0.05) is 23.7 Å². The van der Waals surface area contributed by atoms with Gasteiger partial charge < -0.3 is 14.2 Å². The molecule has 2 aliphatic rings. The summed E-state index contributed by atoms with van der Waals surface area (Å²) in [7, 11) is 2.08. The van der Waals surface area contributed by atoms with Gasteiger partial charge in [0, 0.05) is 54.9 Å². The number of hydrogen-bond acceptors (Lipinski definition) is 4. The number of hydrogen-bond donors (Lipinski definition) is 0. The number of carbonyl (C=O) groups excluding carboxylic acids is 1. The Labute approximate surface area is 181 Å². The molecule has 1 fully saturated rings. The van der Waals surface area contributed by atoms with E-state index in [1.807, 2.05) is 40.8 Å². The molecule has 30 heavy (non-hydrogen) atoms. The van der Waals surface area contributed by atoms with Gasteiger partial charge in [0.15, 0.2) is 5.76 Å². The summed E-state index contributed by atoms with van der Waals surface area (Å²) in [5.41, 5.74) is 5.16. The predicted molar refractivity (Wildman–Crippen MR) is 116 cm³/mol. The minimum atomic E-state index is -0.00471. The fourth-order valence-electron chi connectivity index (χ4n) is 4.42. The molecule has 1 aliphatic carbocycles. The highest BCUT2D eigenvalue weighted by atomic mass is 35.5. The van der Waals surface area contributed by atoms with Crippen LogP contribution in [0, 0.1) is 6.92 Å². The maximum atomic E-state index is 13.1. The number of piperazine rings is 1. The van der Waals surface area contributed by atoms with Gasteiger partial charge in [-0.25, -0.2) is 0 Å².